The Bertz CT molecular complexity index is 717. The van der Waals surface area contributed by atoms with Crippen LogP contribution in [0.5, 0.6) is 0 Å². The SMILES string of the molecule is CC1CCC2(CC1)NC(=O)N(CC(=O)N1CCC(n3cncn3)CC1)C2=O. The zero-order chi connectivity index (χ0) is 19.0. The lowest BCUT2D eigenvalue weighted by Crippen LogP contribution is -2.50. The molecule has 0 aromatic carbocycles. The van der Waals surface area contributed by atoms with Crippen LogP contribution in [0, 0.1) is 5.92 Å². The number of hydrogen-bond donors (Lipinski definition) is 1. The van der Waals surface area contributed by atoms with Gasteiger partial charge in [0.05, 0.1) is 6.04 Å². The van der Waals surface area contributed by atoms with Crippen molar-refractivity contribution in [2.45, 2.75) is 57.0 Å². The van der Waals surface area contributed by atoms with E-state index < -0.39 is 11.6 Å². The van der Waals surface area contributed by atoms with Crippen LogP contribution in [0.4, 0.5) is 4.79 Å². The van der Waals surface area contributed by atoms with Gasteiger partial charge in [-0.05, 0) is 44.4 Å². The lowest BCUT2D eigenvalue weighted by Gasteiger charge is -2.34. The van der Waals surface area contributed by atoms with Crippen LogP contribution < -0.4 is 5.32 Å². The zero-order valence-corrected chi connectivity index (χ0v) is 15.6. The number of hydrogen-bond acceptors (Lipinski definition) is 5. The van der Waals surface area contributed by atoms with Crippen LogP contribution in [0.3, 0.4) is 0 Å². The normalized spacial score (nSPS) is 29.4. The summed E-state index contributed by atoms with van der Waals surface area (Å²) in [7, 11) is 0. The number of carbonyl (C=O) groups is 3. The third-order valence-electron chi connectivity index (χ3n) is 6.30. The Kier molecular flexibility index (Phi) is 4.61. The number of amides is 4. The molecule has 3 heterocycles. The Morgan fingerprint density at radius 2 is 1.93 bits per heavy atom. The summed E-state index contributed by atoms with van der Waals surface area (Å²) >= 11 is 0. The molecule has 4 rings (SSSR count). The molecule has 0 bridgehead atoms. The van der Waals surface area contributed by atoms with Crippen LogP contribution in [0.2, 0.25) is 0 Å². The van der Waals surface area contributed by atoms with Gasteiger partial charge in [0.25, 0.3) is 5.91 Å². The first-order chi connectivity index (χ1) is 13.0. The highest BCUT2D eigenvalue weighted by Crippen LogP contribution is 2.36. The average molecular weight is 374 g/mol. The first-order valence-corrected chi connectivity index (χ1v) is 9.74. The number of imide groups is 1. The van der Waals surface area contributed by atoms with E-state index in [1.54, 1.807) is 11.2 Å². The molecule has 9 nitrogen and oxygen atoms in total. The fraction of sp³-hybridized carbons (Fsp3) is 0.722. The first-order valence-electron chi connectivity index (χ1n) is 9.74. The van der Waals surface area contributed by atoms with Gasteiger partial charge in [-0.2, -0.15) is 5.10 Å². The number of urea groups is 1. The van der Waals surface area contributed by atoms with Crippen molar-refractivity contribution < 1.29 is 14.4 Å². The Balaban J connectivity index is 1.34. The molecule has 0 radical (unpaired) electrons. The van der Waals surface area contributed by atoms with Gasteiger partial charge in [0.1, 0.15) is 24.7 Å². The molecular formula is C18H26N6O3. The maximum atomic E-state index is 12.9. The average Bonchev–Trinajstić information content (AvgIpc) is 3.28. The number of carbonyl (C=O) groups excluding carboxylic acids is 3. The minimum atomic E-state index is -0.788. The van der Waals surface area contributed by atoms with Gasteiger partial charge < -0.3 is 10.2 Å². The quantitative estimate of drug-likeness (QED) is 0.794. The molecule has 1 aromatic rings. The van der Waals surface area contributed by atoms with Gasteiger partial charge in [-0.3, -0.25) is 14.5 Å². The van der Waals surface area contributed by atoms with Crippen LogP contribution in [-0.4, -0.2) is 67.6 Å². The second-order valence-electron chi connectivity index (χ2n) is 8.07. The minimum Gasteiger partial charge on any atom is -0.341 e. The molecule has 2 aliphatic heterocycles. The predicted octanol–water partition coefficient (Wildman–Crippen LogP) is 0.942. The lowest BCUT2D eigenvalue weighted by molar-refractivity contribution is -0.140. The fourth-order valence-electron chi connectivity index (χ4n) is 4.43. The monoisotopic (exact) mass is 374 g/mol. The fourth-order valence-corrected chi connectivity index (χ4v) is 4.43. The van der Waals surface area contributed by atoms with Gasteiger partial charge in [-0.25, -0.2) is 14.5 Å². The molecule has 27 heavy (non-hydrogen) atoms. The summed E-state index contributed by atoms with van der Waals surface area (Å²) < 4.78 is 1.83. The van der Waals surface area contributed by atoms with Crippen molar-refractivity contribution in [3.05, 3.63) is 12.7 Å². The summed E-state index contributed by atoms with van der Waals surface area (Å²) in [6.07, 6.45) is 7.94. The van der Waals surface area contributed by atoms with Crippen molar-refractivity contribution >= 4 is 17.8 Å². The van der Waals surface area contributed by atoms with Gasteiger partial charge in [-0.1, -0.05) is 6.92 Å². The minimum absolute atomic E-state index is 0.170. The first kappa shape index (κ1) is 17.9. The predicted molar refractivity (Wildman–Crippen MR) is 95.5 cm³/mol. The maximum Gasteiger partial charge on any atom is 0.325 e. The summed E-state index contributed by atoms with van der Waals surface area (Å²) in [4.78, 5) is 44.7. The van der Waals surface area contributed by atoms with Gasteiger partial charge in [-0.15, -0.1) is 0 Å². The van der Waals surface area contributed by atoms with E-state index in [9.17, 15) is 14.4 Å². The van der Waals surface area contributed by atoms with E-state index in [4.69, 9.17) is 0 Å². The highest BCUT2D eigenvalue weighted by molar-refractivity contribution is 6.09. The van der Waals surface area contributed by atoms with E-state index in [-0.39, 0.29) is 24.4 Å². The number of piperidine rings is 1. The molecular weight excluding hydrogens is 348 g/mol. The zero-order valence-electron chi connectivity index (χ0n) is 15.6. The van der Waals surface area contributed by atoms with Gasteiger partial charge >= 0.3 is 6.03 Å². The Labute approximate surface area is 158 Å². The Morgan fingerprint density at radius 3 is 2.56 bits per heavy atom. The molecule has 9 heteroatoms. The number of likely N-dealkylation sites (tertiary alicyclic amines) is 1. The van der Waals surface area contributed by atoms with Crippen molar-refractivity contribution in [3.8, 4) is 0 Å². The third kappa shape index (κ3) is 3.30. The molecule has 2 saturated heterocycles. The van der Waals surface area contributed by atoms with Crippen LogP contribution in [0.1, 0.15) is 51.5 Å². The van der Waals surface area contributed by atoms with E-state index in [0.717, 1.165) is 30.6 Å². The van der Waals surface area contributed by atoms with Crippen molar-refractivity contribution in [2.24, 2.45) is 5.92 Å². The van der Waals surface area contributed by atoms with Crippen LogP contribution in [0.25, 0.3) is 0 Å². The lowest BCUT2D eigenvalue weighted by atomic mass is 9.77. The van der Waals surface area contributed by atoms with Crippen molar-refractivity contribution in [3.63, 3.8) is 0 Å². The molecule has 1 aliphatic carbocycles. The number of rotatable bonds is 3. The van der Waals surface area contributed by atoms with Crippen LogP contribution in [-0.2, 0) is 9.59 Å². The molecule has 3 fully saturated rings. The van der Waals surface area contributed by atoms with Crippen LogP contribution in [0.15, 0.2) is 12.7 Å². The summed E-state index contributed by atoms with van der Waals surface area (Å²) in [6, 6.07) is -0.193. The van der Waals surface area contributed by atoms with Gasteiger partial charge in [0.15, 0.2) is 0 Å². The topological polar surface area (TPSA) is 100 Å². The third-order valence-corrected chi connectivity index (χ3v) is 6.30. The van der Waals surface area contributed by atoms with Gasteiger partial charge in [0.2, 0.25) is 5.91 Å². The summed E-state index contributed by atoms with van der Waals surface area (Å²) in [5, 5.41) is 7.03. The molecule has 146 valence electrons. The molecule has 0 atom stereocenters. The molecule has 4 amide bonds. The second-order valence-corrected chi connectivity index (χ2v) is 8.07. The molecule has 1 N–H and O–H groups in total. The summed E-state index contributed by atoms with van der Waals surface area (Å²) in [5.74, 6) is 0.171. The maximum absolute atomic E-state index is 12.9. The Hall–Kier alpha value is -2.45. The van der Waals surface area contributed by atoms with E-state index >= 15 is 0 Å². The highest BCUT2D eigenvalue weighted by Gasteiger charge is 2.52. The van der Waals surface area contributed by atoms with Crippen LogP contribution >= 0.6 is 0 Å². The highest BCUT2D eigenvalue weighted by atomic mass is 16.2. The van der Waals surface area contributed by atoms with Crippen molar-refractivity contribution in [1.82, 2.24) is 29.9 Å². The van der Waals surface area contributed by atoms with Gasteiger partial charge in [0, 0.05) is 13.1 Å². The second kappa shape index (κ2) is 6.94. The largest absolute Gasteiger partial charge is 0.341 e. The molecule has 0 unspecified atom stereocenters. The number of nitrogens with one attached hydrogen (secondary N) is 1. The van der Waals surface area contributed by atoms with E-state index in [2.05, 4.69) is 22.3 Å². The summed E-state index contributed by atoms with van der Waals surface area (Å²) in [6.45, 7) is 3.18. The molecule has 1 aromatic heterocycles. The molecule has 1 spiro atoms. The van der Waals surface area contributed by atoms with E-state index in [0.29, 0.717) is 31.8 Å². The summed E-state index contributed by atoms with van der Waals surface area (Å²) in [5.41, 5.74) is -0.788. The standard InChI is InChI=1S/C18H26N6O3/c1-13-2-6-18(7-3-13)16(26)23(17(27)21-18)10-15(25)22-8-4-14(5-9-22)24-12-19-11-20-24/h11-14H,2-10H2,1H3,(H,21,27). The Morgan fingerprint density at radius 1 is 1.22 bits per heavy atom. The number of aromatic nitrogens is 3. The molecule has 1 saturated carbocycles. The molecule has 3 aliphatic rings. The van der Waals surface area contributed by atoms with E-state index in [1.807, 2.05) is 4.68 Å². The van der Waals surface area contributed by atoms with Crippen molar-refractivity contribution in [2.75, 3.05) is 19.6 Å². The van der Waals surface area contributed by atoms with Crippen molar-refractivity contribution in [1.29, 1.82) is 0 Å². The van der Waals surface area contributed by atoms with E-state index in [1.165, 1.54) is 6.33 Å². The smallest absolute Gasteiger partial charge is 0.325 e. The number of nitrogens with zero attached hydrogens (tertiary/aromatic N) is 5.